The number of hydrogen-bond donors (Lipinski definition) is 2. The number of rotatable bonds is 13. The smallest absolute Gasteiger partial charge is 0.335 e. The fraction of sp³-hybridized carbons (Fsp3) is 0.800. The van der Waals surface area contributed by atoms with Gasteiger partial charge in [0.15, 0.2) is 0 Å². The van der Waals surface area contributed by atoms with Crippen LogP contribution >= 0.6 is 34.0 Å². The first-order valence-corrected chi connectivity index (χ1v) is 11.3. The zero-order valence-corrected chi connectivity index (χ0v) is 16.6. The van der Waals surface area contributed by atoms with E-state index in [9.17, 15) is 27.8 Å². The van der Waals surface area contributed by atoms with E-state index in [1.54, 1.807) is 0 Å². The minimum atomic E-state index is -3.64. The van der Waals surface area contributed by atoms with Crippen molar-refractivity contribution >= 4 is 54.9 Å². The first kappa shape index (κ1) is 24.6. The molecule has 0 radical (unpaired) electrons. The van der Waals surface area contributed by atoms with Crippen molar-refractivity contribution in [3.05, 3.63) is 9.81 Å². The van der Waals surface area contributed by atoms with E-state index in [1.165, 1.54) is 0 Å². The maximum atomic E-state index is 11.8. The van der Waals surface area contributed by atoms with Crippen molar-refractivity contribution in [3.63, 3.8) is 0 Å². The largest absolute Gasteiger partial charge is 0.340 e. The topological polar surface area (TPSA) is 158 Å². The van der Waals surface area contributed by atoms with E-state index in [-0.39, 0.29) is 43.7 Å². The van der Waals surface area contributed by atoms with Crippen LogP contribution in [0.3, 0.4) is 0 Å². The molecule has 0 saturated carbocycles. The molecule has 0 heterocycles. The van der Waals surface area contributed by atoms with Crippen LogP contribution in [0.4, 0.5) is 9.59 Å². The SMILES string of the molecule is O=NN(CCCl)C(=O)NCCS(=O)(=O)SCCN(N=O)C(=O)NCCCl. The third-order valence-corrected chi connectivity index (χ3v) is 6.38. The molecular formula is C10H18Cl2N6O6S2. The van der Waals surface area contributed by atoms with Gasteiger partial charge in [0.25, 0.3) is 0 Å². The molecule has 0 aliphatic carbocycles. The molecule has 4 amide bonds. The molecule has 0 rings (SSSR count). The Balaban J connectivity index is 4.25. The van der Waals surface area contributed by atoms with Crippen LogP contribution < -0.4 is 10.6 Å². The molecule has 0 fully saturated rings. The van der Waals surface area contributed by atoms with Crippen molar-refractivity contribution < 1.29 is 18.0 Å². The van der Waals surface area contributed by atoms with Gasteiger partial charge < -0.3 is 10.6 Å². The summed E-state index contributed by atoms with van der Waals surface area (Å²) in [6.45, 7) is -0.465. The van der Waals surface area contributed by atoms with Gasteiger partial charge in [-0.25, -0.2) is 18.0 Å². The van der Waals surface area contributed by atoms with Gasteiger partial charge in [0.05, 0.1) is 29.4 Å². The third kappa shape index (κ3) is 10.6. The second kappa shape index (κ2) is 13.8. The van der Waals surface area contributed by atoms with Crippen LogP contribution in [0, 0.1) is 9.81 Å². The van der Waals surface area contributed by atoms with E-state index < -0.39 is 26.7 Å². The number of alkyl halides is 2. The van der Waals surface area contributed by atoms with Crippen LogP contribution in [0.25, 0.3) is 0 Å². The predicted octanol–water partition coefficient (Wildman–Crippen LogP) is 0.913. The monoisotopic (exact) mass is 452 g/mol. The van der Waals surface area contributed by atoms with Gasteiger partial charge in [-0.3, -0.25) is 0 Å². The van der Waals surface area contributed by atoms with Gasteiger partial charge in [-0.05, 0) is 10.8 Å². The molecule has 26 heavy (non-hydrogen) atoms. The van der Waals surface area contributed by atoms with Crippen LogP contribution in [0.1, 0.15) is 0 Å². The Kier molecular flexibility index (Phi) is 13.0. The van der Waals surface area contributed by atoms with Gasteiger partial charge in [0, 0.05) is 30.6 Å². The highest BCUT2D eigenvalue weighted by atomic mass is 35.5. The standard InChI is InChI=1S/C10H18Cl2N6O6S2/c11-1-3-13-9(19)18(16-22)6-7-25-26(23,24)8-4-14-10(20)17(15-21)5-2-12/h1-8H2,(H,13,19)(H,14,20). The van der Waals surface area contributed by atoms with Crippen LogP contribution in [0.15, 0.2) is 10.6 Å². The van der Waals surface area contributed by atoms with Crippen LogP contribution in [0.2, 0.25) is 0 Å². The molecule has 0 aliphatic rings. The van der Waals surface area contributed by atoms with E-state index in [0.29, 0.717) is 20.8 Å². The number of urea groups is 2. The van der Waals surface area contributed by atoms with Crippen molar-refractivity contribution in [1.29, 1.82) is 0 Å². The van der Waals surface area contributed by atoms with Crippen molar-refractivity contribution in [2.24, 2.45) is 10.6 Å². The van der Waals surface area contributed by atoms with E-state index in [0.717, 1.165) is 0 Å². The number of hydrogen-bond acceptors (Lipinski definition) is 9. The Morgan fingerprint density at radius 2 is 1.46 bits per heavy atom. The Morgan fingerprint density at radius 3 is 1.96 bits per heavy atom. The number of amides is 4. The van der Waals surface area contributed by atoms with E-state index >= 15 is 0 Å². The Bertz CT molecular complexity index is 580. The molecule has 0 aliphatic heterocycles. The van der Waals surface area contributed by atoms with Gasteiger partial charge in [0.2, 0.25) is 8.87 Å². The quantitative estimate of drug-likeness (QED) is 0.182. The summed E-state index contributed by atoms with van der Waals surface area (Å²) in [4.78, 5) is 44.0. The van der Waals surface area contributed by atoms with Gasteiger partial charge >= 0.3 is 12.1 Å². The normalized spacial score (nSPS) is 10.7. The van der Waals surface area contributed by atoms with Crippen LogP contribution in [-0.4, -0.2) is 79.9 Å². The van der Waals surface area contributed by atoms with Gasteiger partial charge in [-0.1, -0.05) is 0 Å². The fourth-order valence-electron chi connectivity index (χ4n) is 1.37. The highest BCUT2D eigenvalue weighted by molar-refractivity contribution is 8.72. The lowest BCUT2D eigenvalue weighted by Gasteiger charge is -2.14. The zero-order chi connectivity index (χ0) is 20.0. The number of carbonyl (C=O) groups is 2. The molecule has 0 saturated heterocycles. The minimum Gasteiger partial charge on any atom is -0.335 e. The third-order valence-electron chi connectivity index (χ3n) is 2.53. The zero-order valence-electron chi connectivity index (χ0n) is 13.5. The lowest BCUT2D eigenvalue weighted by molar-refractivity contribution is 0.202. The molecule has 0 aromatic heterocycles. The Hall–Kier alpha value is -1.38. The molecular weight excluding hydrogens is 435 g/mol. The summed E-state index contributed by atoms with van der Waals surface area (Å²) in [7, 11) is -3.15. The molecule has 0 bridgehead atoms. The molecule has 0 spiro atoms. The summed E-state index contributed by atoms with van der Waals surface area (Å²) < 4.78 is 23.7. The molecule has 0 unspecified atom stereocenters. The summed E-state index contributed by atoms with van der Waals surface area (Å²) in [6.07, 6.45) is 0. The lowest BCUT2D eigenvalue weighted by Crippen LogP contribution is -2.39. The molecule has 12 nitrogen and oxygen atoms in total. The van der Waals surface area contributed by atoms with Gasteiger partial charge in [0.1, 0.15) is 0 Å². The van der Waals surface area contributed by atoms with Crippen molar-refractivity contribution in [2.45, 2.75) is 0 Å². The maximum Gasteiger partial charge on any atom is 0.340 e. The van der Waals surface area contributed by atoms with Crippen molar-refractivity contribution in [2.75, 3.05) is 49.4 Å². The maximum absolute atomic E-state index is 11.8. The second-order valence-electron chi connectivity index (χ2n) is 4.34. The summed E-state index contributed by atoms with van der Waals surface area (Å²) in [6, 6.07) is -1.65. The lowest BCUT2D eigenvalue weighted by atomic mass is 10.6. The Labute approximate surface area is 163 Å². The van der Waals surface area contributed by atoms with Gasteiger partial charge in [-0.15, -0.1) is 33.0 Å². The fourth-order valence-corrected chi connectivity index (χ4v) is 4.18. The first-order valence-electron chi connectivity index (χ1n) is 7.07. The highest BCUT2D eigenvalue weighted by Gasteiger charge is 2.18. The predicted molar refractivity (Wildman–Crippen MR) is 99.5 cm³/mol. The second-order valence-corrected chi connectivity index (χ2v) is 9.49. The first-order chi connectivity index (χ1) is 12.3. The summed E-state index contributed by atoms with van der Waals surface area (Å²) in [5.41, 5.74) is 0. The Morgan fingerprint density at radius 1 is 0.923 bits per heavy atom. The number of nitrogens with one attached hydrogen (secondary N) is 2. The molecule has 16 heteroatoms. The molecule has 0 aromatic carbocycles. The van der Waals surface area contributed by atoms with Gasteiger partial charge in [-0.2, -0.15) is 10.0 Å². The van der Waals surface area contributed by atoms with Crippen molar-refractivity contribution in [1.82, 2.24) is 20.7 Å². The number of nitroso groups, excluding NO2 is 2. The summed E-state index contributed by atoms with van der Waals surface area (Å²) >= 11 is 10.8. The number of carbonyl (C=O) groups excluding carboxylic acids is 2. The number of nitrogens with zero attached hydrogens (tertiary/aromatic N) is 4. The van der Waals surface area contributed by atoms with Crippen LogP contribution in [0.5, 0.6) is 0 Å². The minimum absolute atomic E-state index is 0.00690. The molecule has 0 atom stereocenters. The average Bonchev–Trinajstić information content (AvgIpc) is 2.60. The summed E-state index contributed by atoms with van der Waals surface area (Å²) in [5.74, 6) is -0.392. The molecule has 2 N–H and O–H groups in total. The summed E-state index contributed by atoms with van der Waals surface area (Å²) in [5, 5.41) is 10.5. The van der Waals surface area contributed by atoms with Crippen molar-refractivity contribution in [3.8, 4) is 0 Å². The molecule has 150 valence electrons. The van der Waals surface area contributed by atoms with E-state index in [2.05, 4.69) is 21.2 Å². The van der Waals surface area contributed by atoms with E-state index in [1.807, 2.05) is 0 Å². The van der Waals surface area contributed by atoms with Crippen LogP contribution in [-0.2, 0) is 8.87 Å². The average molecular weight is 453 g/mol. The highest BCUT2D eigenvalue weighted by Crippen LogP contribution is 2.13. The molecule has 0 aromatic rings. The van der Waals surface area contributed by atoms with E-state index in [4.69, 9.17) is 23.2 Å². The number of halogens is 2.